The van der Waals surface area contributed by atoms with Crippen molar-refractivity contribution in [1.82, 2.24) is 4.90 Å². The highest BCUT2D eigenvalue weighted by atomic mass is 19.1. The van der Waals surface area contributed by atoms with E-state index in [2.05, 4.69) is 0 Å². The van der Waals surface area contributed by atoms with Crippen LogP contribution in [0.3, 0.4) is 0 Å². The zero-order valence-electron chi connectivity index (χ0n) is 10.0. The average molecular weight is 226 g/mol. The molecule has 1 aromatic carbocycles. The summed E-state index contributed by atoms with van der Waals surface area (Å²) in [6, 6.07) is 4.23. The van der Waals surface area contributed by atoms with E-state index in [0.29, 0.717) is 5.75 Å². The zero-order valence-corrected chi connectivity index (χ0v) is 10.0. The van der Waals surface area contributed by atoms with Gasteiger partial charge in [0.05, 0.1) is 7.11 Å². The fourth-order valence-corrected chi connectivity index (χ4v) is 1.55. The van der Waals surface area contributed by atoms with Gasteiger partial charge in [-0.05, 0) is 45.3 Å². The minimum absolute atomic E-state index is 0.201. The molecular weight excluding hydrogens is 207 g/mol. The van der Waals surface area contributed by atoms with E-state index in [-0.39, 0.29) is 11.9 Å². The van der Waals surface area contributed by atoms with Crippen LogP contribution >= 0.6 is 0 Å². The predicted octanol–water partition coefficient (Wildman–Crippen LogP) is 1.79. The largest absolute Gasteiger partial charge is 0.496 e. The number of hydrogen-bond donors (Lipinski definition) is 1. The molecule has 0 aromatic heterocycles. The Morgan fingerprint density at radius 3 is 2.69 bits per heavy atom. The van der Waals surface area contributed by atoms with Gasteiger partial charge in [-0.25, -0.2) is 4.39 Å². The quantitative estimate of drug-likeness (QED) is 0.831. The number of nitrogens with zero attached hydrogens (tertiary/aromatic N) is 1. The molecule has 16 heavy (non-hydrogen) atoms. The third kappa shape index (κ3) is 3.47. The van der Waals surface area contributed by atoms with Crippen LogP contribution in [0.4, 0.5) is 4.39 Å². The van der Waals surface area contributed by atoms with Gasteiger partial charge >= 0.3 is 0 Å². The van der Waals surface area contributed by atoms with Gasteiger partial charge in [0.1, 0.15) is 11.6 Å². The van der Waals surface area contributed by atoms with Gasteiger partial charge in [-0.2, -0.15) is 0 Å². The smallest absolute Gasteiger partial charge is 0.123 e. The van der Waals surface area contributed by atoms with Gasteiger partial charge in [-0.15, -0.1) is 0 Å². The predicted molar refractivity (Wildman–Crippen MR) is 63.1 cm³/mol. The molecule has 1 rings (SSSR count). The van der Waals surface area contributed by atoms with Crippen molar-refractivity contribution in [3.05, 3.63) is 29.6 Å². The monoisotopic (exact) mass is 226 g/mol. The maximum atomic E-state index is 13.1. The lowest BCUT2D eigenvalue weighted by atomic mass is 10.0. The summed E-state index contributed by atoms with van der Waals surface area (Å²) in [5.74, 6) is 0.365. The van der Waals surface area contributed by atoms with Crippen molar-refractivity contribution in [3.8, 4) is 5.75 Å². The molecule has 0 aliphatic carbocycles. The number of ether oxygens (including phenoxy) is 1. The Labute approximate surface area is 96.0 Å². The SMILES string of the molecule is COc1ccc(F)cc1C(N)CCN(C)C. The highest BCUT2D eigenvalue weighted by Crippen LogP contribution is 2.26. The van der Waals surface area contributed by atoms with E-state index >= 15 is 0 Å². The Balaban J connectivity index is 2.80. The Hall–Kier alpha value is -1.13. The van der Waals surface area contributed by atoms with Gasteiger partial charge in [0, 0.05) is 11.6 Å². The van der Waals surface area contributed by atoms with Crippen molar-refractivity contribution in [1.29, 1.82) is 0 Å². The van der Waals surface area contributed by atoms with Crippen LogP contribution in [0.2, 0.25) is 0 Å². The first-order valence-electron chi connectivity index (χ1n) is 5.28. The van der Waals surface area contributed by atoms with Gasteiger partial charge < -0.3 is 15.4 Å². The molecule has 3 nitrogen and oxygen atoms in total. The van der Waals surface area contributed by atoms with Crippen molar-refractivity contribution >= 4 is 0 Å². The van der Waals surface area contributed by atoms with Crippen LogP contribution in [-0.2, 0) is 0 Å². The maximum Gasteiger partial charge on any atom is 0.123 e. The minimum atomic E-state index is -0.281. The summed E-state index contributed by atoms with van der Waals surface area (Å²) in [4.78, 5) is 2.05. The molecule has 0 saturated carbocycles. The second kappa shape index (κ2) is 5.82. The fourth-order valence-electron chi connectivity index (χ4n) is 1.55. The van der Waals surface area contributed by atoms with E-state index in [1.165, 1.54) is 12.1 Å². The molecule has 0 radical (unpaired) electrons. The number of nitrogens with two attached hydrogens (primary N) is 1. The van der Waals surface area contributed by atoms with E-state index < -0.39 is 0 Å². The van der Waals surface area contributed by atoms with Crippen LogP contribution < -0.4 is 10.5 Å². The third-order valence-electron chi connectivity index (χ3n) is 2.48. The van der Waals surface area contributed by atoms with Crippen molar-refractivity contribution < 1.29 is 9.13 Å². The van der Waals surface area contributed by atoms with E-state index in [9.17, 15) is 4.39 Å². The third-order valence-corrected chi connectivity index (χ3v) is 2.48. The number of hydrogen-bond acceptors (Lipinski definition) is 3. The van der Waals surface area contributed by atoms with E-state index in [0.717, 1.165) is 18.5 Å². The zero-order chi connectivity index (χ0) is 12.1. The topological polar surface area (TPSA) is 38.5 Å². The van der Waals surface area contributed by atoms with Gasteiger partial charge in [-0.1, -0.05) is 0 Å². The summed E-state index contributed by atoms with van der Waals surface area (Å²) >= 11 is 0. The highest BCUT2D eigenvalue weighted by molar-refractivity contribution is 5.36. The fraction of sp³-hybridized carbons (Fsp3) is 0.500. The summed E-state index contributed by atoms with van der Waals surface area (Å²) in [6.45, 7) is 0.862. The van der Waals surface area contributed by atoms with Gasteiger partial charge in [0.2, 0.25) is 0 Å². The van der Waals surface area contributed by atoms with Gasteiger partial charge in [0.25, 0.3) is 0 Å². The number of halogens is 1. The molecule has 0 amide bonds. The molecule has 0 saturated heterocycles. The van der Waals surface area contributed by atoms with Crippen molar-refractivity contribution in [3.63, 3.8) is 0 Å². The molecule has 0 heterocycles. The van der Waals surface area contributed by atoms with Crippen LogP contribution in [-0.4, -0.2) is 32.6 Å². The molecular formula is C12H19FN2O. The van der Waals surface area contributed by atoms with Crippen LogP contribution in [0.1, 0.15) is 18.0 Å². The Morgan fingerprint density at radius 1 is 1.44 bits per heavy atom. The Bertz CT molecular complexity index is 342. The minimum Gasteiger partial charge on any atom is -0.496 e. The van der Waals surface area contributed by atoms with Crippen molar-refractivity contribution in [2.75, 3.05) is 27.7 Å². The van der Waals surface area contributed by atoms with Crippen LogP contribution in [0.25, 0.3) is 0 Å². The lowest BCUT2D eigenvalue weighted by molar-refractivity contribution is 0.371. The van der Waals surface area contributed by atoms with E-state index in [1.807, 2.05) is 19.0 Å². The number of benzene rings is 1. The molecule has 1 unspecified atom stereocenters. The normalized spacial score (nSPS) is 12.9. The molecule has 0 aliphatic heterocycles. The molecule has 0 spiro atoms. The molecule has 0 fully saturated rings. The summed E-state index contributed by atoms with van der Waals surface area (Å²) in [6.07, 6.45) is 0.771. The van der Waals surface area contributed by atoms with Crippen LogP contribution in [0.5, 0.6) is 5.75 Å². The lowest BCUT2D eigenvalue weighted by Gasteiger charge is -2.18. The van der Waals surface area contributed by atoms with Gasteiger partial charge in [0.15, 0.2) is 0 Å². The van der Waals surface area contributed by atoms with Crippen molar-refractivity contribution in [2.24, 2.45) is 5.73 Å². The first-order valence-corrected chi connectivity index (χ1v) is 5.28. The Morgan fingerprint density at radius 2 is 2.12 bits per heavy atom. The highest BCUT2D eigenvalue weighted by Gasteiger charge is 2.13. The molecule has 1 atom stereocenters. The number of rotatable bonds is 5. The molecule has 0 bridgehead atoms. The van der Waals surface area contributed by atoms with Gasteiger partial charge in [-0.3, -0.25) is 0 Å². The second-order valence-corrected chi connectivity index (χ2v) is 4.08. The summed E-state index contributed by atoms with van der Waals surface area (Å²) in [5, 5.41) is 0. The summed E-state index contributed by atoms with van der Waals surface area (Å²) in [5.41, 5.74) is 6.74. The van der Waals surface area contributed by atoms with E-state index in [4.69, 9.17) is 10.5 Å². The van der Waals surface area contributed by atoms with E-state index in [1.54, 1.807) is 13.2 Å². The van der Waals surface area contributed by atoms with Crippen LogP contribution in [0, 0.1) is 5.82 Å². The summed E-state index contributed by atoms with van der Waals surface area (Å²) < 4.78 is 18.3. The molecule has 4 heteroatoms. The molecule has 2 N–H and O–H groups in total. The summed E-state index contributed by atoms with van der Waals surface area (Å²) in [7, 11) is 5.53. The molecule has 0 aliphatic rings. The first-order chi connectivity index (χ1) is 7.54. The first kappa shape index (κ1) is 12.9. The Kier molecular flexibility index (Phi) is 4.71. The number of methoxy groups -OCH3 is 1. The van der Waals surface area contributed by atoms with Crippen LogP contribution in [0.15, 0.2) is 18.2 Å². The molecule has 1 aromatic rings. The lowest BCUT2D eigenvalue weighted by Crippen LogP contribution is -2.20. The standard InChI is InChI=1S/C12H19FN2O/c1-15(2)7-6-11(14)10-8-9(13)4-5-12(10)16-3/h4-5,8,11H,6-7,14H2,1-3H3. The average Bonchev–Trinajstić information content (AvgIpc) is 2.25. The molecule has 90 valence electrons. The van der Waals surface area contributed by atoms with Crippen molar-refractivity contribution in [2.45, 2.75) is 12.5 Å². The second-order valence-electron chi connectivity index (χ2n) is 4.08. The maximum absolute atomic E-state index is 13.1.